The normalized spacial score (nSPS) is 11.5. The van der Waals surface area contributed by atoms with Crippen LogP contribution in [-0.2, 0) is 9.59 Å². The molecule has 0 fully saturated rings. The first-order chi connectivity index (χ1) is 7.57. The monoisotopic (exact) mass is 230 g/mol. The number of hydrogen-bond donors (Lipinski definition) is 3. The summed E-state index contributed by atoms with van der Waals surface area (Å²) in [7, 11) is 0. The number of carboxylic acids is 2. The molecule has 0 bridgehead atoms. The predicted molar refractivity (Wildman–Crippen MR) is 54.9 cm³/mol. The summed E-state index contributed by atoms with van der Waals surface area (Å²) in [6.07, 6.45) is 0.355. The molecule has 0 rings (SSSR count). The molecule has 0 aliphatic rings. The molecule has 8 nitrogen and oxygen atoms in total. The minimum absolute atomic E-state index is 0.0339. The molecule has 0 aromatic carbocycles. The summed E-state index contributed by atoms with van der Waals surface area (Å²) in [5.74, 6) is -2.10. The van der Waals surface area contributed by atoms with Crippen LogP contribution in [0.1, 0.15) is 19.3 Å². The van der Waals surface area contributed by atoms with Crippen LogP contribution in [0.4, 0.5) is 0 Å². The average Bonchev–Trinajstić information content (AvgIpc) is 2.21. The molecule has 3 N–H and O–H groups in total. The quantitative estimate of drug-likeness (QED) is 0.230. The topological polar surface area (TPSA) is 135 Å². The highest BCUT2D eigenvalue weighted by Gasteiger charge is 2.17. The zero-order valence-electron chi connectivity index (χ0n) is 8.67. The highest BCUT2D eigenvalue weighted by Crippen LogP contribution is 1.98. The second kappa shape index (κ2) is 8.51. The zero-order chi connectivity index (χ0) is 12.4. The Labute approximate surface area is 91.9 Å². The van der Waals surface area contributed by atoms with E-state index in [0.29, 0.717) is 13.0 Å². The van der Waals surface area contributed by atoms with E-state index in [9.17, 15) is 9.59 Å². The minimum atomic E-state index is -1.08. The number of carbonyl (C=O) groups is 2. The fourth-order valence-corrected chi connectivity index (χ4v) is 1.05. The summed E-state index contributed by atoms with van der Waals surface area (Å²) in [5, 5.41) is 23.1. The average molecular weight is 230 g/mol. The van der Waals surface area contributed by atoms with Crippen LogP contribution in [0, 0.1) is 0 Å². The molecule has 1 atom stereocenters. The van der Waals surface area contributed by atoms with Crippen molar-refractivity contribution < 1.29 is 19.8 Å². The molecular formula is C8H14N4O4. The first-order valence-electron chi connectivity index (χ1n) is 4.76. The van der Waals surface area contributed by atoms with Crippen molar-refractivity contribution in [3.05, 3.63) is 10.4 Å². The highest BCUT2D eigenvalue weighted by atomic mass is 16.4. The van der Waals surface area contributed by atoms with Crippen LogP contribution < -0.4 is 5.32 Å². The summed E-state index contributed by atoms with van der Waals surface area (Å²) in [4.78, 5) is 23.5. The van der Waals surface area contributed by atoms with Gasteiger partial charge in [-0.3, -0.25) is 9.59 Å². The number of hydrogen-bond acceptors (Lipinski definition) is 4. The van der Waals surface area contributed by atoms with Gasteiger partial charge in [0.25, 0.3) is 0 Å². The number of azide groups is 1. The lowest BCUT2D eigenvalue weighted by Gasteiger charge is -2.12. The van der Waals surface area contributed by atoms with Gasteiger partial charge in [0.2, 0.25) is 0 Å². The number of carboxylic acid groups (broad SMARTS) is 2. The van der Waals surface area contributed by atoms with Gasteiger partial charge in [-0.2, -0.15) is 0 Å². The van der Waals surface area contributed by atoms with Crippen molar-refractivity contribution in [3.8, 4) is 0 Å². The van der Waals surface area contributed by atoms with E-state index in [1.807, 2.05) is 0 Å². The third-order valence-electron chi connectivity index (χ3n) is 1.83. The number of nitrogens with one attached hydrogen (secondary N) is 1. The Kier molecular flexibility index (Phi) is 7.56. The SMILES string of the molecule is [N-]=[N+]=NCCCN[C@@H](CCC(=O)O)C(=O)O. The molecule has 0 spiro atoms. The molecule has 8 heteroatoms. The Hall–Kier alpha value is -1.79. The van der Waals surface area contributed by atoms with Crippen LogP contribution in [0.5, 0.6) is 0 Å². The van der Waals surface area contributed by atoms with E-state index in [1.54, 1.807) is 0 Å². The number of nitrogens with zero attached hydrogens (tertiary/aromatic N) is 3. The van der Waals surface area contributed by atoms with E-state index in [-0.39, 0.29) is 19.4 Å². The zero-order valence-corrected chi connectivity index (χ0v) is 8.67. The number of aliphatic carboxylic acids is 2. The van der Waals surface area contributed by atoms with E-state index in [1.165, 1.54) is 0 Å². The van der Waals surface area contributed by atoms with Gasteiger partial charge in [-0.15, -0.1) is 0 Å². The molecule has 0 amide bonds. The van der Waals surface area contributed by atoms with Crippen LogP contribution in [0.3, 0.4) is 0 Å². The molecule has 90 valence electrons. The molecule has 0 aromatic rings. The lowest BCUT2D eigenvalue weighted by Crippen LogP contribution is -2.37. The molecule has 0 aromatic heterocycles. The van der Waals surface area contributed by atoms with Crippen molar-refractivity contribution >= 4 is 11.9 Å². The van der Waals surface area contributed by atoms with E-state index in [2.05, 4.69) is 15.3 Å². The van der Waals surface area contributed by atoms with Crippen molar-refractivity contribution in [2.24, 2.45) is 5.11 Å². The van der Waals surface area contributed by atoms with E-state index in [4.69, 9.17) is 15.7 Å². The maximum Gasteiger partial charge on any atom is 0.320 e. The maximum atomic E-state index is 10.7. The summed E-state index contributed by atoms with van der Waals surface area (Å²) in [6, 6.07) is -0.873. The second-order valence-corrected chi connectivity index (χ2v) is 3.09. The molecule has 0 saturated carbocycles. The standard InChI is InChI=1S/C8H14N4O4/c9-12-11-5-1-4-10-6(8(15)16)2-3-7(13)14/h6,10H,1-5H2,(H,13,14)(H,15,16)/t6-/m0/s1. The van der Waals surface area contributed by atoms with E-state index in [0.717, 1.165) is 0 Å². The third kappa shape index (κ3) is 7.60. The van der Waals surface area contributed by atoms with Gasteiger partial charge in [-0.1, -0.05) is 5.11 Å². The molecule has 0 aliphatic carbocycles. The van der Waals surface area contributed by atoms with Crippen molar-refractivity contribution in [1.29, 1.82) is 0 Å². The van der Waals surface area contributed by atoms with Crippen molar-refractivity contribution in [1.82, 2.24) is 5.32 Å². The van der Waals surface area contributed by atoms with E-state index >= 15 is 0 Å². The molecule has 0 aliphatic heterocycles. The second-order valence-electron chi connectivity index (χ2n) is 3.09. The molecular weight excluding hydrogens is 216 g/mol. The molecule has 0 unspecified atom stereocenters. The van der Waals surface area contributed by atoms with Gasteiger partial charge < -0.3 is 15.5 Å². The fraction of sp³-hybridized carbons (Fsp3) is 0.750. The van der Waals surface area contributed by atoms with Gasteiger partial charge in [0.05, 0.1) is 0 Å². The Morgan fingerprint density at radius 1 is 1.44 bits per heavy atom. The lowest BCUT2D eigenvalue weighted by atomic mass is 10.1. The maximum absolute atomic E-state index is 10.7. The first-order valence-corrected chi connectivity index (χ1v) is 4.76. The molecule has 16 heavy (non-hydrogen) atoms. The predicted octanol–water partition coefficient (Wildman–Crippen LogP) is 0.594. The van der Waals surface area contributed by atoms with Gasteiger partial charge in [-0.05, 0) is 24.9 Å². The number of rotatable bonds is 9. The van der Waals surface area contributed by atoms with Gasteiger partial charge in [0, 0.05) is 17.9 Å². The summed E-state index contributed by atoms with van der Waals surface area (Å²) in [6.45, 7) is 0.657. The van der Waals surface area contributed by atoms with E-state index < -0.39 is 18.0 Å². The smallest absolute Gasteiger partial charge is 0.320 e. The molecule has 0 saturated heterocycles. The van der Waals surface area contributed by atoms with Crippen LogP contribution in [0.15, 0.2) is 5.11 Å². The Bertz CT molecular complexity index is 288. The molecule has 0 radical (unpaired) electrons. The fourth-order valence-electron chi connectivity index (χ4n) is 1.05. The van der Waals surface area contributed by atoms with Gasteiger partial charge in [-0.25, -0.2) is 0 Å². The first kappa shape index (κ1) is 14.2. The molecule has 0 heterocycles. The minimum Gasteiger partial charge on any atom is -0.481 e. The van der Waals surface area contributed by atoms with Crippen molar-refractivity contribution in [3.63, 3.8) is 0 Å². The van der Waals surface area contributed by atoms with Crippen molar-refractivity contribution in [2.75, 3.05) is 13.1 Å². The largest absolute Gasteiger partial charge is 0.481 e. The van der Waals surface area contributed by atoms with Gasteiger partial charge >= 0.3 is 11.9 Å². The summed E-state index contributed by atoms with van der Waals surface area (Å²) >= 11 is 0. The highest BCUT2D eigenvalue weighted by molar-refractivity contribution is 5.75. The third-order valence-corrected chi connectivity index (χ3v) is 1.83. The van der Waals surface area contributed by atoms with Crippen molar-refractivity contribution in [2.45, 2.75) is 25.3 Å². The van der Waals surface area contributed by atoms with Crippen LogP contribution in [0.2, 0.25) is 0 Å². The van der Waals surface area contributed by atoms with Crippen LogP contribution in [-0.4, -0.2) is 41.3 Å². The lowest BCUT2D eigenvalue weighted by molar-refractivity contribution is -0.140. The van der Waals surface area contributed by atoms with Crippen LogP contribution in [0.25, 0.3) is 10.4 Å². The van der Waals surface area contributed by atoms with Crippen LogP contribution >= 0.6 is 0 Å². The summed E-state index contributed by atoms with van der Waals surface area (Å²) < 4.78 is 0. The Balaban J connectivity index is 3.80. The Morgan fingerprint density at radius 3 is 2.62 bits per heavy atom. The Morgan fingerprint density at radius 2 is 2.12 bits per heavy atom. The van der Waals surface area contributed by atoms with Gasteiger partial charge in [0.1, 0.15) is 6.04 Å². The summed E-state index contributed by atoms with van der Waals surface area (Å²) in [5.41, 5.74) is 7.99. The van der Waals surface area contributed by atoms with Gasteiger partial charge in [0.15, 0.2) is 0 Å².